The number of piperidine rings is 1. The first-order valence-electron chi connectivity index (χ1n) is 8.60. The van der Waals surface area contributed by atoms with Crippen molar-refractivity contribution in [1.82, 2.24) is 5.32 Å². The van der Waals surface area contributed by atoms with Crippen LogP contribution in [0, 0.1) is 0 Å². The fraction of sp³-hybridized carbons (Fsp3) is 0.316. The van der Waals surface area contributed by atoms with Crippen molar-refractivity contribution in [3.63, 3.8) is 0 Å². The van der Waals surface area contributed by atoms with Gasteiger partial charge in [-0.25, -0.2) is 0 Å². The van der Waals surface area contributed by atoms with Crippen molar-refractivity contribution in [3.8, 4) is 16.9 Å². The summed E-state index contributed by atoms with van der Waals surface area (Å²) in [7, 11) is 0. The highest BCUT2D eigenvalue weighted by Gasteiger charge is 2.32. The van der Waals surface area contributed by atoms with Crippen molar-refractivity contribution in [1.29, 1.82) is 0 Å². The van der Waals surface area contributed by atoms with E-state index in [1.165, 1.54) is 30.3 Å². The minimum Gasteiger partial charge on any atom is -0.405 e. The van der Waals surface area contributed by atoms with E-state index in [0.717, 1.165) is 0 Å². The third-order valence-electron chi connectivity index (χ3n) is 4.33. The predicted octanol–water partition coefficient (Wildman–Crippen LogP) is 3.96. The predicted molar refractivity (Wildman–Crippen MR) is 99.2 cm³/mol. The maximum Gasteiger partial charge on any atom is 0.573 e. The number of rotatable bonds is 4. The average molecular weight is 415 g/mol. The van der Waals surface area contributed by atoms with Crippen LogP contribution in [0.5, 0.6) is 5.75 Å². The van der Waals surface area contributed by atoms with Gasteiger partial charge >= 0.3 is 6.36 Å². The Balaban J connectivity index is 1.79. The molecule has 1 amide bonds. The summed E-state index contributed by atoms with van der Waals surface area (Å²) in [6.07, 6.45) is -4.47. The summed E-state index contributed by atoms with van der Waals surface area (Å²) in [6, 6.07) is 9.66. The Labute approximate surface area is 164 Å². The molecule has 1 heterocycles. The number of benzene rings is 2. The zero-order valence-electron chi connectivity index (χ0n) is 14.6. The second-order valence-corrected chi connectivity index (χ2v) is 6.82. The van der Waals surface area contributed by atoms with Crippen LogP contribution in [-0.4, -0.2) is 36.1 Å². The van der Waals surface area contributed by atoms with Gasteiger partial charge in [0.2, 0.25) is 5.91 Å². The average Bonchev–Trinajstić information content (AvgIpc) is 2.61. The molecule has 1 saturated heterocycles. The maximum absolute atomic E-state index is 12.6. The number of aliphatic hydroxyl groups is 1. The molecule has 0 bridgehead atoms. The van der Waals surface area contributed by atoms with Crippen LogP contribution in [0.2, 0.25) is 5.02 Å². The van der Waals surface area contributed by atoms with E-state index in [2.05, 4.69) is 15.4 Å². The smallest absolute Gasteiger partial charge is 0.405 e. The Morgan fingerprint density at radius 3 is 2.64 bits per heavy atom. The molecule has 0 unspecified atom stereocenters. The molecule has 150 valence electrons. The Morgan fingerprint density at radius 1 is 1.21 bits per heavy atom. The molecule has 0 radical (unpaired) electrons. The molecule has 0 saturated carbocycles. The highest BCUT2D eigenvalue weighted by Crippen LogP contribution is 2.38. The molecule has 3 rings (SSSR count). The molecule has 28 heavy (non-hydrogen) atoms. The lowest BCUT2D eigenvalue weighted by atomic mass is 10.0. The van der Waals surface area contributed by atoms with E-state index in [0.29, 0.717) is 30.6 Å². The summed E-state index contributed by atoms with van der Waals surface area (Å²) in [6.45, 7) is 0.537. The molecular weight excluding hydrogens is 397 g/mol. The van der Waals surface area contributed by atoms with Crippen molar-refractivity contribution >= 4 is 23.2 Å². The monoisotopic (exact) mass is 414 g/mol. The number of anilines is 1. The fourth-order valence-corrected chi connectivity index (χ4v) is 3.32. The van der Waals surface area contributed by atoms with E-state index in [-0.39, 0.29) is 22.2 Å². The van der Waals surface area contributed by atoms with Gasteiger partial charge in [-0.05, 0) is 37.6 Å². The molecule has 2 atom stereocenters. The SMILES string of the molecule is O=C(Nc1ccc(-c2ccccc2OC(F)(F)F)c(Cl)c1)[C@H]1C[C@@H](O)CCN1. The normalized spacial score (nSPS) is 19.9. The number of nitrogens with one attached hydrogen (secondary N) is 2. The summed E-state index contributed by atoms with van der Waals surface area (Å²) in [4.78, 5) is 12.3. The minimum absolute atomic E-state index is 0.160. The topological polar surface area (TPSA) is 70.6 Å². The lowest BCUT2D eigenvalue weighted by Crippen LogP contribution is -2.47. The van der Waals surface area contributed by atoms with Crippen LogP contribution in [0.1, 0.15) is 12.8 Å². The Kier molecular flexibility index (Phi) is 6.12. The molecule has 2 aromatic carbocycles. The van der Waals surface area contributed by atoms with E-state index < -0.39 is 18.5 Å². The zero-order chi connectivity index (χ0) is 20.3. The summed E-state index contributed by atoms with van der Waals surface area (Å²) in [5.74, 6) is -0.683. The van der Waals surface area contributed by atoms with Gasteiger partial charge in [0, 0.05) is 16.8 Å². The van der Waals surface area contributed by atoms with Crippen LogP contribution >= 0.6 is 11.6 Å². The third-order valence-corrected chi connectivity index (χ3v) is 4.64. The first-order chi connectivity index (χ1) is 13.2. The number of para-hydroxylation sites is 1. The molecule has 1 aliphatic rings. The van der Waals surface area contributed by atoms with Gasteiger partial charge in [0.05, 0.1) is 17.2 Å². The molecule has 0 aromatic heterocycles. The van der Waals surface area contributed by atoms with Gasteiger partial charge in [0.25, 0.3) is 0 Å². The van der Waals surface area contributed by atoms with Gasteiger partial charge in [-0.1, -0.05) is 35.9 Å². The van der Waals surface area contributed by atoms with Crippen LogP contribution in [0.15, 0.2) is 42.5 Å². The number of alkyl halides is 3. The van der Waals surface area contributed by atoms with Crippen LogP contribution in [0.4, 0.5) is 18.9 Å². The van der Waals surface area contributed by atoms with Crippen molar-refractivity contribution < 1.29 is 27.8 Å². The highest BCUT2D eigenvalue weighted by atomic mass is 35.5. The largest absolute Gasteiger partial charge is 0.573 e. The van der Waals surface area contributed by atoms with Crippen molar-refractivity contribution in [2.75, 3.05) is 11.9 Å². The van der Waals surface area contributed by atoms with Gasteiger partial charge in [-0.2, -0.15) is 0 Å². The Bertz CT molecular complexity index is 861. The molecule has 0 aliphatic carbocycles. The van der Waals surface area contributed by atoms with Crippen LogP contribution in [0.3, 0.4) is 0 Å². The first-order valence-corrected chi connectivity index (χ1v) is 8.98. The number of carbonyl (C=O) groups excluding carboxylic acids is 1. The van der Waals surface area contributed by atoms with Gasteiger partial charge < -0.3 is 20.5 Å². The molecule has 0 spiro atoms. The number of carbonyl (C=O) groups is 1. The number of aliphatic hydroxyl groups excluding tert-OH is 1. The standard InChI is InChI=1S/C19H18ClF3N2O3/c20-15-9-11(25-18(27)16-10-12(26)7-8-24-16)5-6-13(15)14-3-1-2-4-17(14)28-19(21,22)23/h1-6,9,12,16,24,26H,7-8,10H2,(H,25,27)/t12-,16+/m0/s1. The van der Waals surface area contributed by atoms with E-state index in [9.17, 15) is 23.1 Å². The fourth-order valence-electron chi connectivity index (χ4n) is 3.04. The van der Waals surface area contributed by atoms with Gasteiger partial charge in [0.15, 0.2) is 0 Å². The Hall–Kier alpha value is -2.29. The minimum atomic E-state index is -4.83. The van der Waals surface area contributed by atoms with Crippen molar-refractivity contribution in [3.05, 3.63) is 47.5 Å². The van der Waals surface area contributed by atoms with Crippen LogP contribution < -0.4 is 15.4 Å². The quantitative estimate of drug-likeness (QED) is 0.708. The van der Waals surface area contributed by atoms with E-state index in [4.69, 9.17) is 11.6 Å². The lowest BCUT2D eigenvalue weighted by molar-refractivity contribution is -0.274. The highest BCUT2D eigenvalue weighted by molar-refractivity contribution is 6.33. The summed E-state index contributed by atoms with van der Waals surface area (Å²) in [5, 5.41) is 15.6. The number of amides is 1. The molecule has 3 N–H and O–H groups in total. The Morgan fingerprint density at radius 2 is 1.96 bits per heavy atom. The second kappa shape index (κ2) is 8.38. The van der Waals surface area contributed by atoms with E-state index in [1.54, 1.807) is 12.1 Å². The number of hydrogen-bond donors (Lipinski definition) is 3. The number of hydrogen-bond acceptors (Lipinski definition) is 4. The van der Waals surface area contributed by atoms with Crippen molar-refractivity contribution in [2.24, 2.45) is 0 Å². The number of ether oxygens (including phenoxy) is 1. The molecule has 1 fully saturated rings. The molecule has 2 aromatic rings. The maximum atomic E-state index is 12.6. The van der Waals surface area contributed by atoms with Crippen molar-refractivity contribution in [2.45, 2.75) is 31.3 Å². The van der Waals surface area contributed by atoms with Gasteiger partial charge in [0.1, 0.15) is 5.75 Å². The third kappa shape index (κ3) is 5.15. The lowest BCUT2D eigenvalue weighted by Gasteiger charge is -2.26. The summed E-state index contributed by atoms with van der Waals surface area (Å²) >= 11 is 6.26. The first kappa shape index (κ1) is 20.4. The van der Waals surface area contributed by atoms with Crippen LogP contribution in [-0.2, 0) is 4.79 Å². The molecule has 9 heteroatoms. The van der Waals surface area contributed by atoms with E-state index in [1.807, 2.05) is 0 Å². The summed E-state index contributed by atoms with van der Waals surface area (Å²) in [5.41, 5.74) is 0.917. The molecular formula is C19H18ClF3N2O3. The zero-order valence-corrected chi connectivity index (χ0v) is 15.3. The number of halogens is 4. The van der Waals surface area contributed by atoms with Crippen LogP contribution in [0.25, 0.3) is 11.1 Å². The van der Waals surface area contributed by atoms with Gasteiger partial charge in [-0.3, -0.25) is 4.79 Å². The molecule has 1 aliphatic heterocycles. The van der Waals surface area contributed by atoms with E-state index >= 15 is 0 Å². The molecule has 5 nitrogen and oxygen atoms in total. The summed E-state index contributed by atoms with van der Waals surface area (Å²) < 4.78 is 41.9. The second-order valence-electron chi connectivity index (χ2n) is 6.41. The van der Waals surface area contributed by atoms with Gasteiger partial charge in [-0.15, -0.1) is 13.2 Å².